The van der Waals surface area contributed by atoms with Crippen molar-refractivity contribution in [3.8, 4) is 0 Å². The first kappa shape index (κ1) is 19.6. The number of hydrogen-bond donors (Lipinski definition) is 5. The molecule has 0 bridgehead atoms. The predicted octanol–water partition coefficient (Wildman–Crippen LogP) is -0.555. The highest BCUT2D eigenvalue weighted by molar-refractivity contribution is 5.85. The van der Waals surface area contributed by atoms with Crippen molar-refractivity contribution in [2.75, 3.05) is 0 Å². The lowest BCUT2D eigenvalue weighted by atomic mass is 10.0. The Bertz CT molecular complexity index is 1200. The molecule has 0 saturated carbocycles. The number of hydrazine groups is 2. The van der Waals surface area contributed by atoms with Crippen molar-refractivity contribution in [1.82, 2.24) is 31.5 Å². The Morgan fingerprint density at radius 3 is 2.40 bits per heavy atom. The van der Waals surface area contributed by atoms with Crippen LogP contribution in [0, 0.1) is 0 Å². The second-order valence-corrected chi connectivity index (χ2v) is 6.96. The summed E-state index contributed by atoms with van der Waals surface area (Å²) in [7, 11) is 0. The molecule has 1 aliphatic heterocycles. The molecule has 5 N–H and O–H groups in total. The van der Waals surface area contributed by atoms with Crippen LogP contribution in [0.3, 0.4) is 0 Å². The van der Waals surface area contributed by atoms with Gasteiger partial charge in [-0.05, 0) is 24.1 Å². The molecule has 154 valence electrons. The van der Waals surface area contributed by atoms with Gasteiger partial charge in [0.1, 0.15) is 12.6 Å². The van der Waals surface area contributed by atoms with Crippen LogP contribution in [-0.4, -0.2) is 27.6 Å². The van der Waals surface area contributed by atoms with Crippen molar-refractivity contribution >= 4 is 22.6 Å². The number of carbonyl (C=O) groups is 2. The SMILES string of the molecule is O=C(Cn1[nH]c(=O)c2ccccc2c1=O)NNC(=O)C1CC(c2ccccc2)NN1. The van der Waals surface area contributed by atoms with Crippen LogP contribution in [0.15, 0.2) is 64.2 Å². The normalized spacial score (nSPS) is 18.3. The van der Waals surface area contributed by atoms with E-state index >= 15 is 0 Å². The molecule has 0 radical (unpaired) electrons. The van der Waals surface area contributed by atoms with Gasteiger partial charge in [0.2, 0.25) is 0 Å². The number of fused-ring (bicyclic) bond motifs is 1. The zero-order valence-electron chi connectivity index (χ0n) is 15.8. The van der Waals surface area contributed by atoms with E-state index in [-0.39, 0.29) is 16.8 Å². The summed E-state index contributed by atoms with van der Waals surface area (Å²) < 4.78 is 0.910. The minimum atomic E-state index is -0.651. The standard InChI is InChI=1S/C20H20N6O4/c27-17(11-26-20(30)14-9-5-4-8-13(14)18(28)25-26)23-24-19(29)16-10-15(21-22-16)12-6-2-1-3-7-12/h1-9,15-16,21-22H,10-11H2,(H,23,27)(H,24,29)(H,25,28). The minimum Gasteiger partial charge on any atom is -0.271 e. The summed E-state index contributed by atoms with van der Waals surface area (Å²) in [5.74, 6) is -1.07. The van der Waals surface area contributed by atoms with Crippen molar-refractivity contribution in [3.63, 3.8) is 0 Å². The summed E-state index contributed by atoms with van der Waals surface area (Å²) >= 11 is 0. The molecular weight excluding hydrogens is 388 g/mol. The molecule has 2 unspecified atom stereocenters. The lowest BCUT2D eigenvalue weighted by Gasteiger charge is -2.12. The Kier molecular flexibility index (Phi) is 5.42. The Morgan fingerprint density at radius 1 is 0.933 bits per heavy atom. The fourth-order valence-electron chi connectivity index (χ4n) is 3.39. The molecule has 1 fully saturated rings. The number of hydrogen-bond acceptors (Lipinski definition) is 6. The molecule has 10 nitrogen and oxygen atoms in total. The van der Waals surface area contributed by atoms with Crippen molar-refractivity contribution < 1.29 is 9.59 Å². The summed E-state index contributed by atoms with van der Waals surface area (Å²) in [5.41, 5.74) is 10.6. The van der Waals surface area contributed by atoms with Crippen LogP contribution in [0.25, 0.3) is 10.8 Å². The maximum atomic E-state index is 12.4. The summed E-state index contributed by atoms with van der Waals surface area (Å²) in [4.78, 5) is 49.0. The lowest BCUT2D eigenvalue weighted by Crippen LogP contribution is -2.51. The van der Waals surface area contributed by atoms with Crippen molar-refractivity contribution in [3.05, 3.63) is 80.9 Å². The molecule has 0 aliphatic carbocycles. The number of H-pyrrole nitrogens is 1. The molecule has 2 amide bonds. The van der Waals surface area contributed by atoms with Gasteiger partial charge >= 0.3 is 0 Å². The molecule has 0 spiro atoms. The zero-order chi connectivity index (χ0) is 21.1. The van der Waals surface area contributed by atoms with Gasteiger partial charge in [-0.15, -0.1) is 0 Å². The van der Waals surface area contributed by atoms with Crippen LogP contribution in [0.5, 0.6) is 0 Å². The fraction of sp³-hybridized carbons (Fsp3) is 0.200. The lowest BCUT2D eigenvalue weighted by molar-refractivity contribution is -0.130. The molecule has 2 atom stereocenters. The van der Waals surface area contributed by atoms with E-state index in [0.717, 1.165) is 10.2 Å². The van der Waals surface area contributed by atoms with Gasteiger partial charge in [0, 0.05) is 6.04 Å². The first-order valence-corrected chi connectivity index (χ1v) is 9.39. The number of aromatic amines is 1. The third-order valence-corrected chi connectivity index (χ3v) is 4.93. The molecule has 1 aliphatic rings. The quantitative estimate of drug-likeness (QED) is 0.367. The van der Waals surface area contributed by atoms with E-state index < -0.39 is 35.5 Å². The number of nitrogens with one attached hydrogen (secondary N) is 5. The van der Waals surface area contributed by atoms with Crippen LogP contribution in [0.4, 0.5) is 0 Å². The molecule has 3 aromatic rings. The summed E-state index contributed by atoms with van der Waals surface area (Å²) in [6, 6.07) is 15.4. The smallest absolute Gasteiger partial charge is 0.271 e. The van der Waals surface area contributed by atoms with Crippen LogP contribution < -0.4 is 32.8 Å². The van der Waals surface area contributed by atoms with Crippen LogP contribution in [0.1, 0.15) is 18.0 Å². The Morgan fingerprint density at radius 2 is 1.63 bits per heavy atom. The molecule has 30 heavy (non-hydrogen) atoms. The number of rotatable bonds is 4. The van der Waals surface area contributed by atoms with E-state index in [2.05, 4.69) is 26.8 Å². The average molecular weight is 408 g/mol. The third kappa shape index (κ3) is 4.00. The van der Waals surface area contributed by atoms with Gasteiger partial charge in [-0.1, -0.05) is 42.5 Å². The van der Waals surface area contributed by atoms with Crippen LogP contribution in [0.2, 0.25) is 0 Å². The van der Waals surface area contributed by atoms with E-state index in [1.807, 2.05) is 30.3 Å². The van der Waals surface area contributed by atoms with E-state index in [4.69, 9.17) is 0 Å². The van der Waals surface area contributed by atoms with Crippen molar-refractivity contribution in [2.45, 2.75) is 25.0 Å². The van der Waals surface area contributed by atoms with Gasteiger partial charge < -0.3 is 0 Å². The van der Waals surface area contributed by atoms with Gasteiger partial charge in [-0.3, -0.25) is 35.1 Å². The predicted molar refractivity (Wildman–Crippen MR) is 109 cm³/mol. The van der Waals surface area contributed by atoms with E-state index in [0.29, 0.717) is 6.42 Å². The van der Waals surface area contributed by atoms with Crippen molar-refractivity contribution in [2.24, 2.45) is 0 Å². The minimum absolute atomic E-state index is 0.0288. The molecule has 1 saturated heterocycles. The number of carbonyl (C=O) groups excluding carboxylic acids is 2. The largest absolute Gasteiger partial charge is 0.273 e. The van der Waals surface area contributed by atoms with Gasteiger partial charge in [0.15, 0.2) is 0 Å². The average Bonchev–Trinajstić information content (AvgIpc) is 3.27. The second-order valence-electron chi connectivity index (χ2n) is 6.96. The Labute approximate surface area is 170 Å². The van der Waals surface area contributed by atoms with Crippen molar-refractivity contribution in [1.29, 1.82) is 0 Å². The fourth-order valence-corrected chi connectivity index (χ4v) is 3.39. The second kappa shape index (κ2) is 8.31. The molecule has 1 aromatic heterocycles. The molecule has 2 heterocycles. The summed E-state index contributed by atoms with van der Waals surface area (Å²) in [5, 5.41) is 2.83. The van der Waals surface area contributed by atoms with Gasteiger partial charge in [0.25, 0.3) is 22.9 Å². The zero-order valence-corrected chi connectivity index (χ0v) is 15.8. The Hall–Kier alpha value is -3.76. The molecule has 2 aromatic carbocycles. The highest BCUT2D eigenvalue weighted by Gasteiger charge is 2.30. The highest BCUT2D eigenvalue weighted by Crippen LogP contribution is 2.21. The first-order chi connectivity index (χ1) is 14.5. The summed E-state index contributed by atoms with van der Waals surface area (Å²) in [6.45, 7) is -0.442. The summed E-state index contributed by atoms with van der Waals surface area (Å²) in [6.07, 6.45) is 0.503. The monoisotopic (exact) mass is 408 g/mol. The maximum absolute atomic E-state index is 12.4. The number of amides is 2. The highest BCUT2D eigenvalue weighted by atomic mass is 16.2. The van der Waals surface area contributed by atoms with E-state index in [9.17, 15) is 19.2 Å². The van der Waals surface area contributed by atoms with Crippen LogP contribution >= 0.6 is 0 Å². The van der Waals surface area contributed by atoms with Gasteiger partial charge in [-0.2, -0.15) is 0 Å². The first-order valence-electron chi connectivity index (χ1n) is 9.39. The van der Waals surface area contributed by atoms with Gasteiger partial charge in [0.05, 0.1) is 10.8 Å². The van der Waals surface area contributed by atoms with Crippen LogP contribution in [-0.2, 0) is 16.1 Å². The Balaban J connectivity index is 1.35. The van der Waals surface area contributed by atoms with Gasteiger partial charge in [-0.25, -0.2) is 15.5 Å². The molecular formula is C20H20N6O4. The number of benzene rings is 2. The maximum Gasteiger partial charge on any atom is 0.273 e. The van der Waals surface area contributed by atoms with E-state index in [1.54, 1.807) is 12.1 Å². The molecule has 4 rings (SSSR count). The number of aromatic nitrogens is 2. The number of nitrogens with zero attached hydrogens (tertiary/aromatic N) is 1. The molecule has 10 heteroatoms. The third-order valence-electron chi connectivity index (χ3n) is 4.93. The van der Waals surface area contributed by atoms with E-state index in [1.165, 1.54) is 12.1 Å². The topological polar surface area (TPSA) is 137 Å².